The van der Waals surface area contributed by atoms with Gasteiger partial charge in [0.05, 0.1) is 7.11 Å². The van der Waals surface area contributed by atoms with E-state index in [-0.39, 0.29) is 0 Å². The number of aryl methyl sites for hydroxylation is 1. The summed E-state index contributed by atoms with van der Waals surface area (Å²) in [5.74, 6) is 0.533. The van der Waals surface area contributed by atoms with E-state index < -0.39 is 6.10 Å². The number of hydrogen-bond donors (Lipinski definition) is 1. The summed E-state index contributed by atoms with van der Waals surface area (Å²) in [4.78, 5) is 10.4. The van der Waals surface area contributed by atoms with E-state index in [1.807, 2.05) is 13.0 Å². The molecule has 1 unspecified atom stereocenters. The monoisotopic (exact) mass is 180 g/mol. The van der Waals surface area contributed by atoms with Gasteiger partial charge in [0.2, 0.25) is 0 Å². The van der Waals surface area contributed by atoms with Crippen molar-refractivity contribution in [3.05, 3.63) is 29.3 Å². The van der Waals surface area contributed by atoms with E-state index in [1.165, 1.54) is 7.11 Å². The topological polar surface area (TPSA) is 46.5 Å². The number of ether oxygens (including phenoxy) is 1. The van der Waals surface area contributed by atoms with Crippen LogP contribution < -0.4 is 4.74 Å². The van der Waals surface area contributed by atoms with Gasteiger partial charge in [0, 0.05) is 5.56 Å². The lowest BCUT2D eigenvalue weighted by atomic mass is 10.1. The van der Waals surface area contributed by atoms with Gasteiger partial charge in [-0.3, -0.25) is 0 Å². The second-order valence-corrected chi connectivity index (χ2v) is 2.83. The van der Waals surface area contributed by atoms with Crippen molar-refractivity contribution in [2.75, 3.05) is 7.11 Å². The molecule has 0 saturated heterocycles. The first kappa shape index (κ1) is 9.74. The van der Waals surface area contributed by atoms with Crippen molar-refractivity contribution < 1.29 is 14.6 Å². The van der Waals surface area contributed by atoms with E-state index in [4.69, 9.17) is 4.74 Å². The fourth-order valence-corrected chi connectivity index (χ4v) is 1.16. The molecule has 0 aromatic heterocycles. The van der Waals surface area contributed by atoms with Gasteiger partial charge in [-0.15, -0.1) is 0 Å². The number of aliphatic hydroxyl groups is 1. The molecule has 13 heavy (non-hydrogen) atoms. The molecule has 1 rings (SSSR count). The summed E-state index contributed by atoms with van der Waals surface area (Å²) in [7, 11) is 1.51. The average Bonchev–Trinajstić information content (AvgIpc) is 2.16. The highest BCUT2D eigenvalue weighted by Gasteiger charge is 2.11. The van der Waals surface area contributed by atoms with E-state index in [0.29, 0.717) is 17.6 Å². The summed E-state index contributed by atoms with van der Waals surface area (Å²) in [6, 6.07) is 5.33. The molecule has 3 nitrogen and oxygen atoms in total. The number of benzene rings is 1. The molecule has 0 amide bonds. The molecule has 0 radical (unpaired) electrons. The van der Waals surface area contributed by atoms with Gasteiger partial charge in [0.1, 0.15) is 11.9 Å². The van der Waals surface area contributed by atoms with E-state index in [1.54, 1.807) is 12.1 Å². The molecule has 0 aliphatic carbocycles. The molecule has 0 saturated carbocycles. The zero-order valence-electron chi connectivity index (χ0n) is 7.65. The standard InChI is InChI=1S/C10H12O3/c1-7-3-4-10(13-2)8(5-7)9(12)6-11/h3-6,9,12H,1-2H3. The van der Waals surface area contributed by atoms with Gasteiger partial charge in [0.25, 0.3) is 0 Å². The van der Waals surface area contributed by atoms with Crippen molar-refractivity contribution >= 4 is 6.29 Å². The van der Waals surface area contributed by atoms with Gasteiger partial charge in [0.15, 0.2) is 6.29 Å². The molecular weight excluding hydrogens is 168 g/mol. The van der Waals surface area contributed by atoms with Crippen LogP contribution in [0.3, 0.4) is 0 Å². The van der Waals surface area contributed by atoms with Crippen LogP contribution in [0.5, 0.6) is 5.75 Å². The average molecular weight is 180 g/mol. The largest absolute Gasteiger partial charge is 0.496 e. The smallest absolute Gasteiger partial charge is 0.153 e. The predicted molar refractivity (Wildman–Crippen MR) is 48.8 cm³/mol. The lowest BCUT2D eigenvalue weighted by Gasteiger charge is -2.10. The fraction of sp³-hybridized carbons (Fsp3) is 0.300. The maximum Gasteiger partial charge on any atom is 0.153 e. The third-order valence-corrected chi connectivity index (χ3v) is 1.83. The van der Waals surface area contributed by atoms with Crippen molar-refractivity contribution in [3.8, 4) is 5.75 Å². The maximum absolute atomic E-state index is 10.4. The maximum atomic E-state index is 10.4. The molecule has 0 aliphatic rings. The lowest BCUT2D eigenvalue weighted by molar-refractivity contribution is -0.115. The molecule has 1 aromatic carbocycles. The Morgan fingerprint density at radius 1 is 1.54 bits per heavy atom. The van der Waals surface area contributed by atoms with Crippen molar-refractivity contribution in [2.45, 2.75) is 13.0 Å². The third-order valence-electron chi connectivity index (χ3n) is 1.83. The summed E-state index contributed by atoms with van der Waals surface area (Å²) in [5, 5.41) is 9.32. The highest BCUT2D eigenvalue weighted by atomic mass is 16.5. The quantitative estimate of drug-likeness (QED) is 0.712. The molecule has 3 heteroatoms. The first-order chi connectivity index (χ1) is 6.19. The van der Waals surface area contributed by atoms with E-state index >= 15 is 0 Å². The van der Waals surface area contributed by atoms with Gasteiger partial charge >= 0.3 is 0 Å². The van der Waals surface area contributed by atoms with Crippen molar-refractivity contribution in [2.24, 2.45) is 0 Å². The lowest BCUT2D eigenvalue weighted by Crippen LogP contribution is -2.01. The van der Waals surface area contributed by atoms with Crippen molar-refractivity contribution in [1.29, 1.82) is 0 Å². The summed E-state index contributed by atoms with van der Waals surface area (Å²) in [6.07, 6.45) is -0.619. The minimum absolute atomic E-state index is 0.483. The summed E-state index contributed by atoms with van der Waals surface area (Å²) >= 11 is 0. The van der Waals surface area contributed by atoms with Gasteiger partial charge in [-0.05, 0) is 19.1 Å². The molecule has 0 spiro atoms. The van der Waals surface area contributed by atoms with E-state index in [2.05, 4.69) is 0 Å². The normalized spacial score (nSPS) is 12.2. The second kappa shape index (κ2) is 4.05. The molecule has 1 atom stereocenters. The van der Waals surface area contributed by atoms with Crippen molar-refractivity contribution in [3.63, 3.8) is 0 Å². The number of carbonyl (C=O) groups excluding carboxylic acids is 1. The van der Waals surface area contributed by atoms with Crippen LogP contribution in [0.2, 0.25) is 0 Å². The van der Waals surface area contributed by atoms with E-state index in [0.717, 1.165) is 5.56 Å². The number of rotatable bonds is 3. The first-order valence-electron chi connectivity index (χ1n) is 3.97. The predicted octanol–water partition coefficient (Wildman–Crippen LogP) is 1.24. The summed E-state index contributed by atoms with van der Waals surface area (Å²) < 4.78 is 5.00. The van der Waals surface area contributed by atoms with Crippen LogP contribution in [-0.2, 0) is 4.79 Å². The molecule has 0 heterocycles. The Labute approximate surface area is 77.0 Å². The Balaban J connectivity index is 3.14. The summed E-state index contributed by atoms with van der Waals surface area (Å²) in [6.45, 7) is 1.89. The number of methoxy groups -OCH3 is 1. The Kier molecular flexibility index (Phi) is 3.03. The Bertz CT molecular complexity index is 307. The van der Waals surface area contributed by atoms with Crippen LogP contribution in [0.15, 0.2) is 18.2 Å². The number of aliphatic hydroxyl groups excluding tert-OH is 1. The first-order valence-corrected chi connectivity index (χ1v) is 3.97. The number of aldehydes is 1. The van der Waals surface area contributed by atoms with Crippen LogP contribution in [-0.4, -0.2) is 18.5 Å². The van der Waals surface area contributed by atoms with Gasteiger partial charge in [-0.25, -0.2) is 0 Å². The van der Waals surface area contributed by atoms with Crippen molar-refractivity contribution in [1.82, 2.24) is 0 Å². The molecule has 1 aromatic rings. The SMILES string of the molecule is COc1ccc(C)cc1C(O)C=O. The molecule has 1 N–H and O–H groups in total. The second-order valence-electron chi connectivity index (χ2n) is 2.83. The van der Waals surface area contributed by atoms with Crippen LogP contribution in [0.1, 0.15) is 17.2 Å². The molecule has 0 aliphatic heterocycles. The summed E-state index contributed by atoms with van der Waals surface area (Å²) in [5.41, 5.74) is 1.49. The van der Waals surface area contributed by atoms with Crippen LogP contribution in [0.4, 0.5) is 0 Å². The van der Waals surface area contributed by atoms with Gasteiger partial charge < -0.3 is 14.6 Å². The third kappa shape index (κ3) is 2.06. The Hall–Kier alpha value is -1.35. The zero-order chi connectivity index (χ0) is 9.84. The molecule has 0 fully saturated rings. The van der Waals surface area contributed by atoms with Crippen LogP contribution in [0.25, 0.3) is 0 Å². The highest BCUT2D eigenvalue weighted by molar-refractivity contribution is 5.62. The van der Waals surface area contributed by atoms with Crippen LogP contribution >= 0.6 is 0 Å². The zero-order valence-corrected chi connectivity index (χ0v) is 7.65. The Morgan fingerprint density at radius 3 is 2.77 bits per heavy atom. The molecular formula is C10H12O3. The van der Waals surface area contributed by atoms with Gasteiger partial charge in [-0.1, -0.05) is 11.6 Å². The Morgan fingerprint density at radius 2 is 2.23 bits per heavy atom. The fourth-order valence-electron chi connectivity index (χ4n) is 1.16. The molecule has 0 bridgehead atoms. The number of carbonyl (C=O) groups is 1. The highest BCUT2D eigenvalue weighted by Crippen LogP contribution is 2.24. The molecule has 70 valence electrons. The van der Waals surface area contributed by atoms with Crippen LogP contribution in [0, 0.1) is 6.92 Å². The number of hydrogen-bond acceptors (Lipinski definition) is 3. The van der Waals surface area contributed by atoms with Gasteiger partial charge in [-0.2, -0.15) is 0 Å². The minimum Gasteiger partial charge on any atom is -0.496 e. The van der Waals surface area contributed by atoms with E-state index in [9.17, 15) is 9.90 Å². The minimum atomic E-state index is -1.10.